The van der Waals surface area contributed by atoms with E-state index in [1.54, 1.807) is 12.1 Å². The van der Waals surface area contributed by atoms with E-state index >= 15 is 0 Å². The number of aliphatic carboxylic acids is 1. The Kier molecular flexibility index (Phi) is 8.14. The molecule has 0 unspecified atom stereocenters. The molecule has 1 heterocycles. The normalized spacial score (nSPS) is 11.6. The van der Waals surface area contributed by atoms with Crippen molar-refractivity contribution >= 4 is 17.8 Å². The number of benzene rings is 1. The molecule has 29 heavy (non-hydrogen) atoms. The van der Waals surface area contributed by atoms with Gasteiger partial charge in [-0.1, -0.05) is 44.2 Å². The van der Waals surface area contributed by atoms with Crippen molar-refractivity contribution < 1.29 is 24.2 Å². The second kappa shape index (κ2) is 10.8. The monoisotopic (exact) mass is 399 g/mol. The number of aromatic nitrogens is 1. The molecule has 2 rings (SSSR count). The van der Waals surface area contributed by atoms with Crippen molar-refractivity contribution in [1.29, 1.82) is 0 Å². The second-order valence-electron chi connectivity index (χ2n) is 6.93. The number of carbonyl (C=O) groups excluding carboxylic acids is 2. The minimum atomic E-state index is -1.10. The van der Waals surface area contributed by atoms with E-state index in [1.165, 1.54) is 6.20 Å². The molecule has 1 aromatic heterocycles. The number of amides is 2. The number of nitrogens with zero attached hydrogens (tertiary/aromatic N) is 1. The van der Waals surface area contributed by atoms with E-state index in [1.807, 2.05) is 44.2 Å². The average Bonchev–Trinajstić information content (AvgIpc) is 2.70. The van der Waals surface area contributed by atoms with Crippen molar-refractivity contribution in [2.24, 2.45) is 5.92 Å². The quantitative estimate of drug-likeness (QED) is 0.563. The molecule has 0 fully saturated rings. The third-order valence-electron chi connectivity index (χ3n) is 3.98. The number of carboxylic acid groups (broad SMARTS) is 1. The van der Waals surface area contributed by atoms with Crippen molar-refractivity contribution in [1.82, 2.24) is 15.6 Å². The first-order valence-electron chi connectivity index (χ1n) is 9.28. The molecule has 8 nitrogen and oxygen atoms in total. The smallest absolute Gasteiger partial charge is 0.326 e. The Morgan fingerprint density at radius 1 is 1.10 bits per heavy atom. The standard InChI is InChI=1S/C21H25N3O5/c1-14(2)10-17(21(27)28)24-18(25)12-23-20(26)16-8-9-19(22-11-16)29-13-15-6-4-3-5-7-15/h3-9,11,14,17H,10,12-13H2,1-2H3,(H,23,26)(H,24,25)(H,27,28)/t17-/m0/s1. The molecule has 3 N–H and O–H groups in total. The Morgan fingerprint density at radius 2 is 1.83 bits per heavy atom. The summed E-state index contributed by atoms with van der Waals surface area (Å²) in [5.74, 6) is -1.67. The minimum absolute atomic E-state index is 0.111. The maximum absolute atomic E-state index is 12.1. The minimum Gasteiger partial charge on any atom is -0.480 e. The van der Waals surface area contributed by atoms with Crippen LogP contribution in [-0.2, 0) is 16.2 Å². The molecule has 0 saturated carbocycles. The summed E-state index contributed by atoms with van der Waals surface area (Å²) in [4.78, 5) is 39.3. The third kappa shape index (κ3) is 7.61. The van der Waals surface area contributed by atoms with Crippen LogP contribution < -0.4 is 15.4 Å². The van der Waals surface area contributed by atoms with Crippen molar-refractivity contribution in [3.8, 4) is 5.88 Å². The van der Waals surface area contributed by atoms with Crippen molar-refractivity contribution in [2.45, 2.75) is 32.9 Å². The molecular weight excluding hydrogens is 374 g/mol. The van der Waals surface area contributed by atoms with Gasteiger partial charge in [-0.05, 0) is 24.0 Å². The zero-order valence-electron chi connectivity index (χ0n) is 16.4. The van der Waals surface area contributed by atoms with E-state index in [2.05, 4.69) is 15.6 Å². The summed E-state index contributed by atoms with van der Waals surface area (Å²) < 4.78 is 5.56. The Labute approximate surface area is 169 Å². The van der Waals surface area contributed by atoms with Crippen LogP contribution in [0.3, 0.4) is 0 Å². The molecule has 0 aliphatic rings. The number of rotatable bonds is 10. The maximum atomic E-state index is 12.1. The summed E-state index contributed by atoms with van der Waals surface area (Å²) in [5, 5.41) is 14.0. The van der Waals surface area contributed by atoms with E-state index in [9.17, 15) is 14.4 Å². The molecular formula is C21H25N3O5. The highest BCUT2D eigenvalue weighted by atomic mass is 16.5. The molecule has 0 aliphatic heterocycles. The van der Waals surface area contributed by atoms with Crippen LogP contribution in [0.1, 0.15) is 36.2 Å². The van der Waals surface area contributed by atoms with Crippen LogP contribution in [0, 0.1) is 5.92 Å². The average molecular weight is 399 g/mol. The van der Waals surface area contributed by atoms with Gasteiger partial charge in [-0.25, -0.2) is 9.78 Å². The van der Waals surface area contributed by atoms with Crippen LogP contribution in [0.15, 0.2) is 48.7 Å². The third-order valence-corrected chi connectivity index (χ3v) is 3.98. The molecule has 0 bridgehead atoms. The first kappa shape index (κ1) is 21.9. The Hall–Kier alpha value is -3.42. The summed E-state index contributed by atoms with van der Waals surface area (Å²) in [6.07, 6.45) is 1.66. The highest BCUT2D eigenvalue weighted by Crippen LogP contribution is 2.10. The number of pyridine rings is 1. The van der Waals surface area contributed by atoms with Crippen molar-refractivity contribution in [3.05, 3.63) is 59.8 Å². The van der Waals surface area contributed by atoms with Crippen LogP contribution in [0.2, 0.25) is 0 Å². The maximum Gasteiger partial charge on any atom is 0.326 e. The summed E-state index contributed by atoms with van der Waals surface area (Å²) in [7, 11) is 0. The molecule has 1 aromatic carbocycles. The molecule has 2 aromatic rings. The van der Waals surface area contributed by atoms with Gasteiger partial charge in [0.2, 0.25) is 11.8 Å². The zero-order valence-corrected chi connectivity index (χ0v) is 16.4. The molecule has 0 aliphatic carbocycles. The van der Waals surface area contributed by atoms with Crippen LogP contribution >= 0.6 is 0 Å². The number of ether oxygens (including phenoxy) is 1. The van der Waals surface area contributed by atoms with Gasteiger partial charge in [0.05, 0.1) is 12.1 Å². The van der Waals surface area contributed by atoms with E-state index in [-0.39, 0.29) is 18.0 Å². The summed E-state index contributed by atoms with van der Waals surface area (Å²) in [6, 6.07) is 11.7. The van der Waals surface area contributed by atoms with Crippen molar-refractivity contribution in [2.75, 3.05) is 6.54 Å². The first-order chi connectivity index (χ1) is 13.8. The van der Waals surface area contributed by atoms with Gasteiger partial charge < -0.3 is 20.5 Å². The van der Waals surface area contributed by atoms with E-state index < -0.39 is 23.8 Å². The molecule has 8 heteroatoms. The predicted octanol–water partition coefficient (Wildman–Crippen LogP) is 2.01. The Morgan fingerprint density at radius 3 is 2.41 bits per heavy atom. The lowest BCUT2D eigenvalue weighted by molar-refractivity contribution is -0.142. The first-order valence-corrected chi connectivity index (χ1v) is 9.28. The summed E-state index contributed by atoms with van der Waals surface area (Å²) in [5.41, 5.74) is 1.26. The number of hydrogen-bond donors (Lipinski definition) is 3. The molecule has 0 spiro atoms. The fraction of sp³-hybridized carbons (Fsp3) is 0.333. The highest BCUT2D eigenvalue weighted by molar-refractivity contribution is 5.96. The number of carbonyl (C=O) groups is 3. The Balaban J connectivity index is 1.81. The molecule has 2 amide bonds. The number of hydrogen-bond acceptors (Lipinski definition) is 5. The van der Waals surface area contributed by atoms with Gasteiger partial charge in [0.25, 0.3) is 5.91 Å². The van der Waals surface area contributed by atoms with Gasteiger partial charge in [-0.15, -0.1) is 0 Å². The second-order valence-corrected chi connectivity index (χ2v) is 6.93. The number of carboxylic acids is 1. The summed E-state index contributed by atoms with van der Waals surface area (Å²) in [6.45, 7) is 3.77. The van der Waals surface area contributed by atoms with Gasteiger partial charge in [0.15, 0.2) is 0 Å². The molecule has 0 radical (unpaired) electrons. The largest absolute Gasteiger partial charge is 0.480 e. The van der Waals surface area contributed by atoms with Gasteiger partial charge in [-0.3, -0.25) is 9.59 Å². The SMILES string of the molecule is CC(C)C[C@H](NC(=O)CNC(=O)c1ccc(OCc2ccccc2)nc1)C(=O)O. The van der Waals surface area contributed by atoms with Crippen LogP contribution in [0.5, 0.6) is 5.88 Å². The predicted molar refractivity (Wildman–Crippen MR) is 106 cm³/mol. The van der Waals surface area contributed by atoms with Gasteiger partial charge >= 0.3 is 5.97 Å². The van der Waals surface area contributed by atoms with Crippen LogP contribution in [0.25, 0.3) is 0 Å². The highest BCUT2D eigenvalue weighted by Gasteiger charge is 2.21. The zero-order chi connectivity index (χ0) is 21.2. The van der Waals surface area contributed by atoms with E-state index in [4.69, 9.17) is 9.84 Å². The van der Waals surface area contributed by atoms with Gasteiger partial charge in [-0.2, -0.15) is 0 Å². The molecule has 0 saturated heterocycles. The summed E-state index contributed by atoms with van der Waals surface area (Å²) >= 11 is 0. The fourth-order valence-corrected chi connectivity index (χ4v) is 2.53. The lowest BCUT2D eigenvalue weighted by atomic mass is 10.0. The lowest BCUT2D eigenvalue weighted by Crippen LogP contribution is -2.46. The topological polar surface area (TPSA) is 118 Å². The van der Waals surface area contributed by atoms with E-state index in [0.717, 1.165) is 5.56 Å². The van der Waals surface area contributed by atoms with Crippen LogP contribution in [-0.4, -0.2) is 40.5 Å². The molecule has 154 valence electrons. The van der Waals surface area contributed by atoms with Crippen molar-refractivity contribution in [3.63, 3.8) is 0 Å². The number of nitrogens with one attached hydrogen (secondary N) is 2. The fourth-order valence-electron chi connectivity index (χ4n) is 2.53. The van der Waals surface area contributed by atoms with Gasteiger partial charge in [0.1, 0.15) is 12.6 Å². The van der Waals surface area contributed by atoms with Gasteiger partial charge in [0, 0.05) is 12.3 Å². The molecule has 1 atom stereocenters. The van der Waals surface area contributed by atoms with Crippen LogP contribution in [0.4, 0.5) is 0 Å². The van der Waals surface area contributed by atoms with E-state index in [0.29, 0.717) is 18.9 Å². The Bertz CT molecular complexity index is 822. The lowest BCUT2D eigenvalue weighted by Gasteiger charge is -2.16.